The Morgan fingerprint density at radius 2 is 2.06 bits per heavy atom. The number of hydrogen-bond acceptors (Lipinski definition) is 2. The molecule has 1 amide bonds. The van der Waals surface area contributed by atoms with Crippen molar-refractivity contribution in [3.05, 3.63) is 26.3 Å². The Kier molecular flexibility index (Phi) is 4.48. The van der Waals surface area contributed by atoms with Gasteiger partial charge in [0.1, 0.15) is 5.75 Å². The first-order chi connectivity index (χ1) is 7.70. The van der Waals surface area contributed by atoms with Crippen LogP contribution in [0.5, 0.6) is 5.75 Å². The van der Waals surface area contributed by atoms with E-state index in [2.05, 4.69) is 4.74 Å². The molecule has 2 N–H and O–H groups in total. The van der Waals surface area contributed by atoms with Crippen LogP contribution in [-0.4, -0.2) is 18.7 Å². The van der Waals surface area contributed by atoms with E-state index >= 15 is 0 Å². The summed E-state index contributed by atoms with van der Waals surface area (Å²) in [6, 6.07) is 2.41. The van der Waals surface area contributed by atoms with Gasteiger partial charge in [-0.05, 0) is 34.7 Å². The van der Waals surface area contributed by atoms with Gasteiger partial charge < -0.3 is 10.5 Å². The quantitative estimate of drug-likeness (QED) is 0.821. The Morgan fingerprint density at radius 1 is 1.47 bits per heavy atom. The topological polar surface area (TPSA) is 52.3 Å². The molecule has 1 aromatic carbocycles. The molecule has 0 aromatic heterocycles. The second-order valence-corrected chi connectivity index (χ2v) is 4.60. The molecule has 0 radical (unpaired) electrons. The molecule has 3 nitrogen and oxygen atoms in total. The molecule has 8 heteroatoms. The molecule has 0 heterocycles. The van der Waals surface area contributed by atoms with Crippen LogP contribution in [0.4, 0.5) is 13.2 Å². The van der Waals surface area contributed by atoms with Crippen molar-refractivity contribution in [1.82, 2.24) is 0 Å². The second kappa shape index (κ2) is 5.30. The summed E-state index contributed by atoms with van der Waals surface area (Å²) in [7, 11) is 0. The minimum Gasteiger partial charge on any atom is -0.483 e. The number of carbonyl (C=O) groups is 1. The molecule has 17 heavy (non-hydrogen) atoms. The van der Waals surface area contributed by atoms with Gasteiger partial charge in [0, 0.05) is 3.57 Å². The molecule has 94 valence electrons. The van der Waals surface area contributed by atoms with Gasteiger partial charge in [-0.2, -0.15) is 13.2 Å². The first-order valence-electron chi connectivity index (χ1n) is 4.19. The number of benzene rings is 1. The monoisotopic (exact) mass is 379 g/mol. The minimum absolute atomic E-state index is 0.181. The van der Waals surface area contributed by atoms with E-state index < -0.39 is 18.7 Å². The number of carbonyl (C=O) groups excluding carboxylic acids is 1. The van der Waals surface area contributed by atoms with E-state index in [1.807, 2.05) is 0 Å². The zero-order valence-corrected chi connectivity index (χ0v) is 11.1. The molecule has 0 atom stereocenters. The van der Waals surface area contributed by atoms with Crippen LogP contribution >= 0.6 is 34.2 Å². The number of primary amides is 1. The highest BCUT2D eigenvalue weighted by Gasteiger charge is 2.29. The Labute approximate surface area is 113 Å². The predicted octanol–water partition coefficient (Wildman–Crippen LogP) is 2.98. The molecule has 0 saturated carbocycles. The standard InChI is InChI=1S/C9H6ClF3INO2/c10-5-1-4(8(15)16)7(2-6(5)14)17-3-9(11,12)13/h1-2H,3H2,(H2,15,16). The molecular formula is C9H6ClF3INO2. The maximum Gasteiger partial charge on any atom is 0.422 e. The molecule has 0 unspecified atom stereocenters. The fourth-order valence-corrected chi connectivity index (χ4v) is 1.60. The largest absolute Gasteiger partial charge is 0.483 e. The number of ether oxygens (including phenoxy) is 1. The Balaban J connectivity index is 3.05. The fourth-order valence-electron chi connectivity index (χ4n) is 1.00. The molecule has 1 rings (SSSR count). The van der Waals surface area contributed by atoms with E-state index in [1.165, 1.54) is 12.1 Å². The van der Waals surface area contributed by atoms with Crippen molar-refractivity contribution < 1.29 is 22.7 Å². The first kappa shape index (κ1) is 14.4. The third-order valence-electron chi connectivity index (χ3n) is 1.68. The normalized spacial score (nSPS) is 11.4. The lowest BCUT2D eigenvalue weighted by Gasteiger charge is -2.12. The van der Waals surface area contributed by atoms with Crippen LogP contribution in [-0.2, 0) is 0 Å². The van der Waals surface area contributed by atoms with Crippen LogP contribution in [0.25, 0.3) is 0 Å². The maximum atomic E-state index is 12.0. The predicted molar refractivity (Wildman–Crippen MR) is 64.2 cm³/mol. The van der Waals surface area contributed by atoms with Crippen LogP contribution in [0.3, 0.4) is 0 Å². The molecule has 0 fully saturated rings. The Morgan fingerprint density at radius 3 is 2.53 bits per heavy atom. The van der Waals surface area contributed by atoms with Crippen LogP contribution in [0.2, 0.25) is 5.02 Å². The zero-order chi connectivity index (χ0) is 13.2. The summed E-state index contributed by atoms with van der Waals surface area (Å²) >= 11 is 7.53. The van der Waals surface area contributed by atoms with Crippen LogP contribution in [0, 0.1) is 3.57 Å². The van der Waals surface area contributed by atoms with E-state index in [9.17, 15) is 18.0 Å². The van der Waals surface area contributed by atoms with Crippen molar-refractivity contribution in [2.24, 2.45) is 5.73 Å². The summed E-state index contributed by atoms with van der Waals surface area (Å²) in [5, 5.41) is 0.221. The lowest BCUT2D eigenvalue weighted by atomic mass is 10.2. The van der Waals surface area contributed by atoms with Crippen molar-refractivity contribution in [1.29, 1.82) is 0 Å². The highest BCUT2D eigenvalue weighted by atomic mass is 127. The maximum absolute atomic E-state index is 12.0. The highest BCUT2D eigenvalue weighted by Crippen LogP contribution is 2.29. The van der Waals surface area contributed by atoms with Gasteiger partial charge in [-0.25, -0.2) is 0 Å². The molecule has 0 saturated heterocycles. The molecule has 0 bridgehead atoms. The van der Waals surface area contributed by atoms with Crippen molar-refractivity contribution >= 4 is 40.1 Å². The van der Waals surface area contributed by atoms with Crippen molar-refractivity contribution in [2.75, 3.05) is 6.61 Å². The summed E-state index contributed by atoms with van der Waals surface area (Å²) in [5.74, 6) is -1.14. The molecule has 0 spiro atoms. The number of amides is 1. The molecular weight excluding hydrogens is 373 g/mol. The number of alkyl halides is 3. The van der Waals surface area contributed by atoms with E-state index in [4.69, 9.17) is 17.3 Å². The number of hydrogen-bond donors (Lipinski definition) is 1. The lowest BCUT2D eigenvalue weighted by Crippen LogP contribution is -2.21. The van der Waals surface area contributed by atoms with Crippen molar-refractivity contribution in [2.45, 2.75) is 6.18 Å². The third kappa shape index (κ3) is 4.23. The number of halogens is 5. The SMILES string of the molecule is NC(=O)c1cc(Cl)c(I)cc1OCC(F)(F)F. The second-order valence-electron chi connectivity index (χ2n) is 3.03. The van der Waals surface area contributed by atoms with Gasteiger partial charge >= 0.3 is 6.18 Å². The van der Waals surface area contributed by atoms with E-state index in [0.717, 1.165) is 0 Å². The number of nitrogens with two attached hydrogens (primary N) is 1. The molecule has 0 aliphatic rings. The summed E-state index contributed by atoms with van der Waals surface area (Å²) in [6.45, 7) is -1.50. The first-order valence-corrected chi connectivity index (χ1v) is 5.65. The van der Waals surface area contributed by atoms with Crippen LogP contribution in [0.1, 0.15) is 10.4 Å². The van der Waals surface area contributed by atoms with Gasteiger partial charge in [-0.3, -0.25) is 4.79 Å². The van der Waals surface area contributed by atoms with Crippen LogP contribution < -0.4 is 10.5 Å². The summed E-state index contributed by atoms with van der Waals surface area (Å²) in [6.07, 6.45) is -4.49. The fraction of sp³-hybridized carbons (Fsp3) is 0.222. The smallest absolute Gasteiger partial charge is 0.422 e. The summed E-state index contributed by atoms with van der Waals surface area (Å²) in [4.78, 5) is 11.0. The van der Waals surface area contributed by atoms with E-state index in [1.54, 1.807) is 22.6 Å². The number of rotatable bonds is 3. The van der Waals surface area contributed by atoms with Crippen molar-refractivity contribution in [3.63, 3.8) is 0 Å². The Bertz CT molecular complexity index is 451. The average Bonchev–Trinajstić information content (AvgIpc) is 2.17. The van der Waals surface area contributed by atoms with Gasteiger partial charge in [-0.15, -0.1) is 0 Å². The zero-order valence-electron chi connectivity index (χ0n) is 8.15. The summed E-state index contributed by atoms with van der Waals surface area (Å²) < 4.78 is 40.9. The highest BCUT2D eigenvalue weighted by molar-refractivity contribution is 14.1. The molecule has 0 aliphatic heterocycles. The van der Waals surface area contributed by atoms with Gasteiger partial charge in [0.2, 0.25) is 0 Å². The molecule has 0 aliphatic carbocycles. The van der Waals surface area contributed by atoms with Gasteiger partial charge in [0.15, 0.2) is 6.61 Å². The summed E-state index contributed by atoms with van der Waals surface area (Å²) in [5.41, 5.74) is 4.83. The van der Waals surface area contributed by atoms with E-state index in [0.29, 0.717) is 3.57 Å². The van der Waals surface area contributed by atoms with Gasteiger partial charge in [0.25, 0.3) is 5.91 Å². The lowest BCUT2D eigenvalue weighted by molar-refractivity contribution is -0.153. The van der Waals surface area contributed by atoms with Gasteiger partial charge in [-0.1, -0.05) is 11.6 Å². The molecule has 1 aromatic rings. The third-order valence-corrected chi connectivity index (χ3v) is 3.20. The van der Waals surface area contributed by atoms with Crippen LogP contribution in [0.15, 0.2) is 12.1 Å². The van der Waals surface area contributed by atoms with Gasteiger partial charge in [0.05, 0.1) is 10.6 Å². The van der Waals surface area contributed by atoms with E-state index in [-0.39, 0.29) is 16.3 Å². The Hall–Kier alpha value is -0.700. The van der Waals surface area contributed by atoms with Crippen molar-refractivity contribution in [3.8, 4) is 5.75 Å². The minimum atomic E-state index is -4.49. The average molecular weight is 380 g/mol.